The van der Waals surface area contributed by atoms with Crippen molar-refractivity contribution in [2.45, 2.75) is 18.9 Å². The average molecular weight is 339 g/mol. The highest BCUT2D eigenvalue weighted by Crippen LogP contribution is 2.38. The molecule has 0 saturated heterocycles. The molecule has 0 spiro atoms. The van der Waals surface area contributed by atoms with Gasteiger partial charge in [0.05, 0.1) is 19.9 Å². The van der Waals surface area contributed by atoms with E-state index in [0.29, 0.717) is 13.0 Å². The number of carbonyl (C=O) groups excluding carboxylic acids is 1. The maximum Gasteiger partial charge on any atom is 0.226 e. The van der Waals surface area contributed by atoms with E-state index in [0.717, 1.165) is 22.7 Å². The second-order valence-corrected chi connectivity index (χ2v) is 6.80. The number of hydrogen-bond donors (Lipinski definition) is 1. The first-order valence-corrected chi connectivity index (χ1v) is 8.64. The van der Waals surface area contributed by atoms with Crippen molar-refractivity contribution in [2.24, 2.45) is 0 Å². The molecule has 1 aliphatic heterocycles. The summed E-state index contributed by atoms with van der Waals surface area (Å²) in [5.74, 6) is 1.61. The van der Waals surface area contributed by atoms with Crippen molar-refractivity contribution in [2.75, 3.05) is 12.4 Å². The van der Waals surface area contributed by atoms with Gasteiger partial charge in [-0.2, -0.15) is 5.10 Å². The van der Waals surface area contributed by atoms with Gasteiger partial charge < -0.3 is 10.1 Å². The van der Waals surface area contributed by atoms with Gasteiger partial charge in [-0.25, -0.2) is 4.68 Å². The SMILES string of the molecule is COc1cccc([C@H]2CC(=O)Nc3c2cnn3Cc2cccs2)c1. The monoisotopic (exact) mass is 339 g/mol. The van der Waals surface area contributed by atoms with Crippen molar-refractivity contribution < 1.29 is 9.53 Å². The molecular formula is C18H17N3O2S. The Kier molecular flexibility index (Phi) is 3.82. The number of anilines is 1. The summed E-state index contributed by atoms with van der Waals surface area (Å²) in [6.07, 6.45) is 2.29. The van der Waals surface area contributed by atoms with E-state index >= 15 is 0 Å². The molecule has 6 heteroatoms. The molecule has 122 valence electrons. The van der Waals surface area contributed by atoms with Gasteiger partial charge in [0.1, 0.15) is 11.6 Å². The number of aromatic nitrogens is 2. The topological polar surface area (TPSA) is 56.1 Å². The summed E-state index contributed by atoms with van der Waals surface area (Å²) in [6.45, 7) is 0.665. The second-order valence-electron chi connectivity index (χ2n) is 5.77. The van der Waals surface area contributed by atoms with Crippen molar-refractivity contribution in [1.29, 1.82) is 0 Å². The van der Waals surface area contributed by atoms with E-state index in [9.17, 15) is 4.79 Å². The molecule has 0 bridgehead atoms. The van der Waals surface area contributed by atoms with Crippen molar-refractivity contribution in [1.82, 2.24) is 9.78 Å². The van der Waals surface area contributed by atoms with Crippen LogP contribution >= 0.6 is 11.3 Å². The third-order valence-electron chi connectivity index (χ3n) is 4.27. The summed E-state index contributed by atoms with van der Waals surface area (Å²) in [7, 11) is 1.65. The Labute approximate surface area is 143 Å². The van der Waals surface area contributed by atoms with E-state index in [-0.39, 0.29) is 11.8 Å². The Morgan fingerprint density at radius 1 is 1.38 bits per heavy atom. The van der Waals surface area contributed by atoms with Gasteiger partial charge in [-0.15, -0.1) is 11.3 Å². The van der Waals surface area contributed by atoms with E-state index < -0.39 is 0 Å². The summed E-state index contributed by atoms with van der Waals surface area (Å²) in [5, 5.41) is 9.53. The number of rotatable bonds is 4. The molecule has 1 aromatic carbocycles. The molecule has 0 aliphatic carbocycles. The van der Waals surface area contributed by atoms with E-state index in [2.05, 4.69) is 16.5 Å². The van der Waals surface area contributed by atoms with Crippen LogP contribution in [-0.4, -0.2) is 22.8 Å². The van der Waals surface area contributed by atoms with Crippen molar-refractivity contribution in [3.63, 3.8) is 0 Å². The van der Waals surface area contributed by atoms with Crippen LogP contribution in [0.25, 0.3) is 0 Å². The lowest BCUT2D eigenvalue weighted by molar-refractivity contribution is -0.116. The van der Waals surface area contributed by atoms with Crippen LogP contribution in [0.1, 0.15) is 28.3 Å². The standard InChI is InChI=1S/C18H17N3O2S/c1-23-13-5-2-4-12(8-13)15-9-17(22)20-18-16(15)10-19-21(18)11-14-6-3-7-24-14/h2-8,10,15H,9,11H2,1H3,(H,20,22)/t15-/m1/s1. The molecule has 0 fully saturated rings. The summed E-state index contributed by atoms with van der Waals surface area (Å²) >= 11 is 1.68. The van der Waals surface area contributed by atoms with Gasteiger partial charge in [0.25, 0.3) is 0 Å². The van der Waals surface area contributed by atoms with Crippen molar-refractivity contribution in [3.05, 3.63) is 64.0 Å². The van der Waals surface area contributed by atoms with Crippen LogP contribution in [0.2, 0.25) is 0 Å². The number of fused-ring (bicyclic) bond motifs is 1. The zero-order valence-electron chi connectivity index (χ0n) is 13.2. The molecule has 24 heavy (non-hydrogen) atoms. The zero-order valence-corrected chi connectivity index (χ0v) is 14.0. The Hall–Kier alpha value is -2.60. The highest BCUT2D eigenvalue weighted by atomic mass is 32.1. The molecule has 2 aromatic heterocycles. The molecule has 3 heterocycles. The van der Waals surface area contributed by atoms with Crippen LogP contribution in [-0.2, 0) is 11.3 Å². The normalized spacial score (nSPS) is 16.5. The summed E-state index contributed by atoms with van der Waals surface area (Å²) < 4.78 is 7.18. The molecule has 1 amide bonds. The quantitative estimate of drug-likeness (QED) is 0.792. The minimum atomic E-state index is 0.000866. The van der Waals surface area contributed by atoms with E-state index in [1.165, 1.54) is 4.88 Å². The molecule has 1 N–H and O–H groups in total. The molecule has 3 aromatic rings. The molecule has 4 rings (SSSR count). The van der Waals surface area contributed by atoms with Crippen molar-refractivity contribution >= 4 is 23.1 Å². The number of thiophene rings is 1. The average Bonchev–Trinajstić information content (AvgIpc) is 3.25. The lowest BCUT2D eigenvalue weighted by atomic mass is 9.87. The number of amides is 1. The Morgan fingerprint density at radius 3 is 3.08 bits per heavy atom. The summed E-state index contributed by atoms with van der Waals surface area (Å²) in [5.41, 5.74) is 2.13. The van der Waals surface area contributed by atoms with Gasteiger partial charge in [-0.3, -0.25) is 4.79 Å². The first kappa shape index (κ1) is 15.0. The van der Waals surface area contributed by atoms with Gasteiger partial charge >= 0.3 is 0 Å². The lowest BCUT2D eigenvalue weighted by Crippen LogP contribution is -2.25. The first-order valence-electron chi connectivity index (χ1n) is 7.76. The number of hydrogen-bond acceptors (Lipinski definition) is 4. The molecule has 1 aliphatic rings. The largest absolute Gasteiger partial charge is 0.497 e. The molecule has 0 unspecified atom stereocenters. The maximum atomic E-state index is 12.2. The molecule has 1 atom stereocenters. The third-order valence-corrected chi connectivity index (χ3v) is 5.13. The molecular weight excluding hydrogens is 322 g/mol. The molecule has 0 radical (unpaired) electrons. The number of methoxy groups -OCH3 is 1. The highest BCUT2D eigenvalue weighted by Gasteiger charge is 2.30. The predicted molar refractivity (Wildman–Crippen MR) is 93.7 cm³/mol. The van der Waals surface area contributed by atoms with Gasteiger partial charge in [-0.05, 0) is 29.1 Å². The molecule has 0 saturated carbocycles. The van der Waals surface area contributed by atoms with Crippen molar-refractivity contribution in [3.8, 4) is 5.75 Å². The van der Waals surface area contributed by atoms with E-state index in [4.69, 9.17) is 4.74 Å². The highest BCUT2D eigenvalue weighted by molar-refractivity contribution is 7.09. The fourth-order valence-electron chi connectivity index (χ4n) is 3.10. The first-order chi connectivity index (χ1) is 11.7. The number of carbonyl (C=O) groups is 1. The Bertz CT molecular complexity index is 870. The third kappa shape index (κ3) is 2.69. The van der Waals surface area contributed by atoms with Crippen LogP contribution in [0.5, 0.6) is 5.75 Å². The Morgan fingerprint density at radius 2 is 2.29 bits per heavy atom. The van der Waals surface area contributed by atoms with E-state index in [1.807, 2.05) is 46.6 Å². The zero-order chi connectivity index (χ0) is 16.5. The summed E-state index contributed by atoms with van der Waals surface area (Å²) in [4.78, 5) is 13.4. The number of benzene rings is 1. The maximum absolute atomic E-state index is 12.2. The number of nitrogens with zero attached hydrogens (tertiary/aromatic N) is 2. The lowest BCUT2D eigenvalue weighted by Gasteiger charge is -2.24. The smallest absolute Gasteiger partial charge is 0.226 e. The number of ether oxygens (including phenoxy) is 1. The van der Waals surface area contributed by atoms with Crippen LogP contribution in [0.15, 0.2) is 48.0 Å². The minimum Gasteiger partial charge on any atom is -0.497 e. The molecule has 5 nitrogen and oxygen atoms in total. The van der Waals surface area contributed by atoms with Crippen LogP contribution in [0.4, 0.5) is 5.82 Å². The predicted octanol–water partition coefficient (Wildman–Crippen LogP) is 3.48. The fourth-order valence-corrected chi connectivity index (χ4v) is 3.78. The van der Waals surface area contributed by atoms with Crippen LogP contribution in [0, 0.1) is 0 Å². The Balaban J connectivity index is 1.72. The minimum absolute atomic E-state index is 0.000866. The van der Waals surface area contributed by atoms with Crippen LogP contribution < -0.4 is 10.1 Å². The van der Waals surface area contributed by atoms with Gasteiger partial charge in [0.2, 0.25) is 5.91 Å². The van der Waals surface area contributed by atoms with Gasteiger partial charge in [0.15, 0.2) is 0 Å². The van der Waals surface area contributed by atoms with E-state index in [1.54, 1.807) is 18.4 Å². The summed E-state index contributed by atoms with van der Waals surface area (Å²) in [6, 6.07) is 12.0. The van der Waals surface area contributed by atoms with Gasteiger partial charge in [0, 0.05) is 22.8 Å². The number of nitrogens with one attached hydrogen (secondary N) is 1. The second kappa shape index (κ2) is 6.13. The van der Waals surface area contributed by atoms with Crippen LogP contribution in [0.3, 0.4) is 0 Å². The fraction of sp³-hybridized carbons (Fsp3) is 0.222. The van der Waals surface area contributed by atoms with Gasteiger partial charge in [-0.1, -0.05) is 18.2 Å².